The zero-order valence-corrected chi connectivity index (χ0v) is 99.7. The van der Waals surface area contributed by atoms with Crippen LogP contribution in [0, 0.1) is 0 Å². The summed E-state index contributed by atoms with van der Waals surface area (Å²) < 4.78 is 0. The smallest absolute Gasteiger partial charge is 0.232 e. The monoisotopic (exact) mass is 2020 g/mol. The van der Waals surface area contributed by atoms with Gasteiger partial charge >= 0.3 is 0 Å². The standard InChI is InChI=1S/C116H223N23O5/c1-35-49-65-126(66-50-36-2)98-117-99(127(67-51-37-3)68-52-38-4)120-102(119-98)131(94-85-109(19,20)136(141-79-45-11)110(21,22)86-94)74-61-58-59-62-75-133(96-89-113(27,28)138(143-81-47-13)114(29,30)90-96)105-123-104(130(73-57-43-9)93-83-107(15,16)135(140-78-44-10)108(17,18)84-93)124-106(125-105)134(97-91-115(31,32)139(144-82-48-14)116(33,34)92-97)77-64-60-63-76-132(95-87-111(23,24)137(142-80-46-12)112(25,26)88-95)103-121-100(128(69-53-39-5)70-54-40-6)118-101(122-103)129(71-55-41-7)72-56-42-8/h93-97H,35-92H2,1-34H3. The summed E-state index contributed by atoms with van der Waals surface area (Å²) >= 11 is 0. The van der Waals surface area contributed by atoms with E-state index in [0.29, 0.717) is 33.0 Å². The number of unbranched alkanes of at least 4 members (excludes halogenated alkanes) is 14. The number of piperidine rings is 5. The Morgan fingerprint density at radius 1 is 0.174 bits per heavy atom. The maximum Gasteiger partial charge on any atom is 0.232 e. The number of rotatable bonds is 69. The van der Waals surface area contributed by atoms with Gasteiger partial charge in [-0.3, -0.25) is 24.2 Å². The Morgan fingerprint density at radius 2 is 0.299 bits per heavy atom. The molecule has 5 aliphatic rings. The topological polar surface area (TPSA) is 208 Å². The molecule has 832 valence electrons. The minimum atomic E-state index is -0.351. The first-order chi connectivity index (χ1) is 68.3. The number of aromatic nitrogens is 9. The van der Waals surface area contributed by atoms with Gasteiger partial charge in [0.25, 0.3) is 0 Å². The van der Waals surface area contributed by atoms with E-state index in [-0.39, 0.29) is 85.6 Å². The van der Waals surface area contributed by atoms with Crippen molar-refractivity contribution in [1.82, 2.24) is 70.2 Å². The zero-order chi connectivity index (χ0) is 106. The number of hydrogen-bond acceptors (Lipinski definition) is 28. The van der Waals surface area contributed by atoms with Crippen LogP contribution in [0.1, 0.15) is 492 Å². The predicted octanol–water partition coefficient (Wildman–Crippen LogP) is 26.6. The molecule has 0 saturated carbocycles. The summed E-state index contributed by atoms with van der Waals surface area (Å²) in [6, 6.07) is 0.447. The molecule has 3 aromatic rings. The summed E-state index contributed by atoms with van der Waals surface area (Å²) in [5.41, 5.74) is -3.11. The molecule has 0 unspecified atom stereocenters. The summed E-state index contributed by atoms with van der Waals surface area (Å²) in [5, 5.41) is 11.8. The molecule has 0 amide bonds. The second-order valence-corrected chi connectivity index (χ2v) is 50.4. The van der Waals surface area contributed by atoms with Crippen molar-refractivity contribution in [3.63, 3.8) is 0 Å². The molecule has 8 rings (SSSR count). The van der Waals surface area contributed by atoms with Gasteiger partial charge in [0.15, 0.2) is 0 Å². The van der Waals surface area contributed by atoms with E-state index in [1.807, 2.05) is 0 Å². The van der Waals surface area contributed by atoms with Gasteiger partial charge in [-0.1, -0.05) is 168 Å². The van der Waals surface area contributed by atoms with Crippen LogP contribution in [0.5, 0.6) is 0 Å². The van der Waals surface area contributed by atoms with E-state index in [9.17, 15) is 0 Å². The van der Waals surface area contributed by atoms with E-state index >= 15 is 0 Å². The van der Waals surface area contributed by atoms with Crippen molar-refractivity contribution in [2.45, 2.75) is 578 Å². The van der Waals surface area contributed by atoms with Crippen LogP contribution >= 0.6 is 0 Å². The van der Waals surface area contributed by atoms with Gasteiger partial charge in [0.05, 0.1) is 33.0 Å². The van der Waals surface area contributed by atoms with Gasteiger partial charge in [-0.2, -0.15) is 70.2 Å². The van der Waals surface area contributed by atoms with E-state index in [1.54, 1.807) is 0 Å². The minimum absolute atomic E-state index is 0.0390. The molecule has 5 saturated heterocycles. The lowest BCUT2D eigenvalue weighted by atomic mass is 9.78. The fourth-order valence-corrected chi connectivity index (χ4v) is 25.3. The summed E-state index contributed by atoms with van der Waals surface area (Å²) in [6.45, 7) is 94.7. The normalized spacial score (nSPS) is 20.0. The molecule has 5 aliphatic heterocycles. The van der Waals surface area contributed by atoms with Crippen molar-refractivity contribution in [3.05, 3.63) is 0 Å². The lowest BCUT2D eigenvalue weighted by Crippen LogP contribution is -2.65. The minimum Gasteiger partial charge on any atom is -0.341 e. The SMILES string of the molecule is CCCCN(CCCC)c1nc(N(CCCC)CCCC)nc(N(CCCCCCN(c2nc(N(CCCC)C3CC(C)(C)N(OCCC)C(C)(C)C3)nc(N(CCCCCN(c3nc(N(CCCC)CCCC)nc(N(CCCC)CCCC)n3)C3CC(C)(C)N(OCCC)C(C)(C)C3)C3CC(C)(C)N(OCCC)C(C)(C)C3)n2)C2CC(C)(C)N(OCCC)C(C)(C)C2)C2CC(C)(C)N(OCCC)C(C)(C)C2)n1. The van der Waals surface area contributed by atoms with Gasteiger partial charge in [-0.15, -0.1) is 0 Å². The Labute approximate surface area is 883 Å². The van der Waals surface area contributed by atoms with Crippen LogP contribution in [-0.2, 0) is 24.2 Å². The van der Waals surface area contributed by atoms with E-state index < -0.39 is 0 Å². The van der Waals surface area contributed by atoms with Gasteiger partial charge in [0.2, 0.25) is 53.5 Å². The highest BCUT2D eigenvalue weighted by Gasteiger charge is 2.55. The molecule has 8 heterocycles. The molecular formula is C116H223N23O5. The molecule has 0 spiro atoms. The van der Waals surface area contributed by atoms with Crippen LogP contribution in [0.2, 0.25) is 0 Å². The number of nitrogens with zero attached hydrogens (tertiary/aromatic N) is 23. The van der Waals surface area contributed by atoms with Crippen LogP contribution in [0.4, 0.5) is 53.5 Å². The van der Waals surface area contributed by atoms with Crippen LogP contribution in [0.15, 0.2) is 0 Å². The molecule has 0 atom stereocenters. The average Bonchev–Trinajstić information content (AvgIpc) is 0.753. The zero-order valence-electron chi connectivity index (χ0n) is 99.7. The van der Waals surface area contributed by atoms with E-state index in [2.05, 4.69) is 305 Å². The number of hydrogen-bond donors (Lipinski definition) is 0. The van der Waals surface area contributed by atoms with Crippen molar-refractivity contribution < 1.29 is 24.2 Å². The van der Waals surface area contributed by atoms with Crippen LogP contribution in [0.25, 0.3) is 0 Å². The maximum atomic E-state index is 6.98. The van der Waals surface area contributed by atoms with Crippen LogP contribution < -0.4 is 44.1 Å². The van der Waals surface area contributed by atoms with Gasteiger partial charge in [-0.05, 0) is 325 Å². The molecule has 28 nitrogen and oxygen atoms in total. The molecule has 0 N–H and O–H groups in total. The summed E-state index contributed by atoms with van der Waals surface area (Å²) in [6.07, 6.45) is 39.7. The van der Waals surface area contributed by atoms with Gasteiger partial charge < -0.3 is 44.1 Å². The molecule has 0 radical (unpaired) electrons. The molecule has 0 bridgehead atoms. The highest BCUT2D eigenvalue weighted by Crippen LogP contribution is 2.50. The fourth-order valence-electron chi connectivity index (χ4n) is 25.3. The largest absolute Gasteiger partial charge is 0.341 e. The highest BCUT2D eigenvalue weighted by molar-refractivity contribution is 5.52. The van der Waals surface area contributed by atoms with Gasteiger partial charge in [-0.25, -0.2) is 0 Å². The maximum absolute atomic E-state index is 6.98. The number of hydroxylamine groups is 10. The third-order valence-corrected chi connectivity index (χ3v) is 31.2. The second kappa shape index (κ2) is 58.1. The molecule has 0 aromatic carbocycles. The van der Waals surface area contributed by atoms with Crippen molar-refractivity contribution in [3.8, 4) is 0 Å². The molecule has 144 heavy (non-hydrogen) atoms. The van der Waals surface area contributed by atoms with Crippen LogP contribution in [0.3, 0.4) is 0 Å². The molecule has 0 aliphatic carbocycles. The predicted molar refractivity (Wildman–Crippen MR) is 608 cm³/mol. The first-order valence-corrected chi connectivity index (χ1v) is 59.5. The quantitative estimate of drug-likeness (QED) is 0.0481. The Hall–Kier alpha value is -5.17. The molecule has 28 heteroatoms. The van der Waals surface area contributed by atoms with Gasteiger partial charge in [0.1, 0.15) is 0 Å². The Kier molecular flexibility index (Phi) is 50.0. The van der Waals surface area contributed by atoms with Crippen LogP contribution in [-0.4, -0.2) is 274 Å². The summed E-state index contributed by atoms with van der Waals surface area (Å²) in [5.74, 6) is 7.28. The molecule has 3 aromatic heterocycles. The first kappa shape index (κ1) is 124. The molecule has 5 fully saturated rings. The van der Waals surface area contributed by atoms with E-state index in [0.717, 1.165) is 395 Å². The van der Waals surface area contributed by atoms with Gasteiger partial charge in [0, 0.05) is 171 Å². The Bertz CT molecular complexity index is 3890. The average molecular weight is 2020 g/mol. The van der Waals surface area contributed by atoms with Crippen molar-refractivity contribution in [2.24, 2.45) is 0 Å². The lowest BCUT2D eigenvalue weighted by Gasteiger charge is -2.56. The van der Waals surface area contributed by atoms with Crippen molar-refractivity contribution >= 4 is 53.5 Å². The first-order valence-electron chi connectivity index (χ1n) is 59.5. The number of anilines is 9. The third-order valence-electron chi connectivity index (χ3n) is 31.2. The second-order valence-electron chi connectivity index (χ2n) is 50.4. The third kappa shape index (κ3) is 34.7. The Balaban J connectivity index is 1.33. The fraction of sp³-hybridized carbons (Fsp3) is 0.922. The Morgan fingerprint density at radius 3 is 0.444 bits per heavy atom. The van der Waals surface area contributed by atoms with Crippen molar-refractivity contribution in [2.75, 3.05) is 162 Å². The van der Waals surface area contributed by atoms with E-state index in [1.165, 1.54) is 0 Å². The molecular weight excluding hydrogens is 1800 g/mol. The summed E-state index contributed by atoms with van der Waals surface area (Å²) in [7, 11) is 0. The lowest BCUT2D eigenvalue weighted by molar-refractivity contribution is -0.282. The van der Waals surface area contributed by atoms with E-state index in [4.69, 9.17) is 69.0 Å². The summed E-state index contributed by atoms with van der Waals surface area (Å²) in [4.78, 5) is 111. The van der Waals surface area contributed by atoms with Crippen molar-refractivity contribution in [1.29, 1.82) is 0 Å². The highest BCUT2D eigenvalue weighted by atomic mass is 16.7.